The number of nitrogens with zero attached hydrogens (tertiary/aromatic N) is 2. The van der Waals surface area contributed by atoms with Crippen molar-refractivity contribution in [2.75, 3.05) is 13.2 Å². The molecule has 1 aromatic carbocycles. The van der Waals surface area contributed by atoms with E-state index in [0.717, 1.165) is 5.56 Å². The molecular weight excluding hydrogens is 322 g/mol. The number of aromatic nitrogens is 1. The molecule has 0 atom stereocenters. The third kappa shape index (κ3) is 5.23. The number of amides is 1. The van der Waals surface area contributed by atoms with Crippen LogP contribution in [0.3, 0.4) is 0 Å². The number of benzene rings is 1. The van der Waals surface area contributed by atoms with E-state index >= 15 is 0 Å². The minimum Gasteiger partial charge on any atom is -0.476 e. The summed E-state index contributed by atoms with van der Waals surface area (Å²) >= 11 is 5.88. The van der Waals surface area contributed by atoms with Gasteiger partial charge in [-0.3, -0.25) is 4.79 Å². The van der Waals surface area contributed by atoms with Gasteiger partial charge in [0.05, 0.1) is 0 Å². The number of nitro groups is 1. The van der Waals surface area contributed by atoms with Crippen LogP contribution in [-0.4, -0.2) is 29.0 Å². The maximum Gasteiger partial charge on any atom is 0.406 e. The Hall–Kier alpha value is -2.67. The molecule has 0 bridgehead atoms. The highest BCUT2D eigenvalue weighted by molar-refractivity contribution is 6.30. The molecule has 2 aromatic rings. The molecule has 0 fully saturated rings. The van der Waals surface area contributed by atoms with Crippen LogP contribution >= 0.6 is 11.6 Å². The number of hydrogen-bond donors (Lipinski definition) is 1. The summed E-state index contributed by atoms with van der Waals surface area (Å²) in [6, 6.07) is 10.2. The minimum absolute atomic E-state index is 0.0394. The summed E-state index contributed by atoms with van der Waals surface area (Å²) in [6.07, 6.45) is 1.91. The van der Waals surface area contributed by atoms with Gasteiger partial charge in [0.2, 0.25) is 5.75 Å². The Morgan fingerprint density at radius 3 is 2.91 bits per heavy atom. The highest BCUT2D eigenvalue weighted by atomic mass is 35.5. The SMILES string of the molecule is O=C(COc1cccnc1[N+](=O)[O-])NCCc1cccc(Cl)c1. The van der Waals surface area contributed by atoms with Crippen LogP contribution in [0.25, 0.3) is 0 Å². The van der Waals surface area contributed by atoms with Crippen molar-refractivity contribution in [1.82, 2.24) is 10.3 Å². The van der Waals surface area contributed by atoms with E-state index in [1.165, 1.54) is 18.3 Å². The van der Waals surface area contributed by atoms with Gasteiger partial charge in [0.1, 0.15) is 6.20 Å². The summed E-state index contributed by atoms with van der Waals surface area (Å²) in [7, 11) is 0. The van der Waals surface area contributed by atoms with Crippen molar-refractivity contribution in [3.63, 3.8) is 0 Å². The van der Waals surface area contributed by atoms with E-state index in [9.17, 15) is 14.9 Å². The molecule has 1 amide bonds. The molecule has 7 nitrogen and oxygen atoms in total. The summed E-state index contributed by atoms with van der Waals surface area (Å²) in [5.41, 5.74) is 1.00. The topological polar surface area (TPSA) is 94.4 Å². The van der Waals surface area contributed by atoms with Crippen LogP contribution in [0.1, 0.15) is 5.56 Å². The van der Waals surface area contributed by atoms with E-state index in [2.05, 4.69) is 10.3 Å². The number of nitrogens with one attached hydrogen (secondary N) is 1. The second-order valence-electron chi connectivity index (χ2n) is 4.60. The smallest absolute Gasteiger partial charge is 0.406 e. The lowest BCUT2D eigenvalue weighted by Gasteiger charge is -2.07. The van der Waals surface area contributed by atoms with E-state index in [1.54, 1.807) is 6.07 Å². The predicted molar refractivity (Wildman–Crippen MR) is 84.6 cm³/mol. The molecule has 1 heterocycles. The lowest BCUT2D eigenvalue weighted by atomic mass is 10.1. The monoisotopic (exact) mass is 335 g/mol. The molecule has 0 spiro atoms. The van der Waals surface area contributed by atoms with E-state index < -0.39 is 10.7 Å². The highest BCUT2D eigenvalue weighted by Gasteiger charge is 2.16. The molecular formula is C15H14ClN3O4. The number of carbonyl (C=O) groups is 1. The van der Waals surface area contributed by atoms with Crippen LogP contribution in [0.5, 0.6) is 5.75 Å². The van der Waals surface area contributed by atoms with E-state index in [4.69, 9.17) is 16.3 Å². The van der Waals surface area contributed by atoms with E-state index in [-0.39, 0.29) is 18.3 Å². The Bertz CT molecular complexity index is 709. The standard InChI is InChI=1S/C15H14ClN3O4/c16-12-4-1-3-11(9-12)6-8-17-14(20)10-23-13-5-2-7-18-15(13)19(21)22/h1-5,7,9H,6,8,10H2,(H,17,20). The Kier molecular flexibility index (Phi) is 5.87. The average Bonchev–Trinajstić information content (AvgIpc) is 2.53. The molecule has 8 heteroatoms. The van der Waals surface area contributed by atoms with Gasteiger partial charge in [0.25, 0.3) is 5.91 Å². The van der Waals surface area contributed by atoms with Crippen molar-refractivity contribution in [2.45, 2.75) is 6.42 Å². The Balaban J connectivity index is 1.78. The summed E-state index contributed by atoms with van der Waals surface area (Å²) in [5.74, 6) is -0.827. The molecule has 0 radical (unpaired) electrons. The molecule has 0 saturated carbocycles. The number of pyridine rings is 1. The fraction of sp³-hybridized carbons (Fsp3) is 0.200. The predicted octanol–water partition coefficient (Wildman–Crippen LogP) is 2.38. The molecule has 0 aliphatic carbocycles. The van der Waals surface area contributed by atoms with Crippen LogP contribution < -0.4 is 10.1 Å². The first-order valence-corrected chi connectivity index (χ1v) is 7.17. The lowest BCUT2D eigenvalue weighted by molar-refractivity contribution is -0.390. The number of carbonyl (C=O) groups excluding carboxylic acids is 1. The highest BCUT2D eigenvalue weighted by Crippen LogP contribution is 2.22. The van der Waals surface area contributed by atoms with Gasteiger partial charge in [0.15, 0.2) is 6.61 Å². The van der Waals surface area contributed by atoms with Gasteiger partial charge >= 0.3 is 5.82 Å². The van der Waals surface area contributed by atoms with Crippen molar-refractivity contribution in [3.05, 3.63) is 63.3 Å². The molecule has 0 aliphatic heterocycles. The summed E-state index contributed by atoms with van der Waals surface area (Å²) in [6.45, 7) is 0.0970. The molecule has 1 N–H and O–H groups in total. The largest absolute Gasteiger partial charge is 0.476 e. The van der Waals surface area contributed by atoms with Gasteiger partial charge in [-0.15, -0.1) is 0 Å². The minimum atomic E-state index is -0.660. The number of halogens is 1. The van der Waals surface area contributed by atoms with Crippen molar-refractivity contribution < 1.29 is 14.5 Å². The third-order valence-electron chi connectivity index (χ3n) is 2.91. The molecule has 0 saturated heterocycles. The second kappa shape index (κ2) is 8.09. The van der Waals surface area contributed by atoms with Crippen molar-refractivity contribution >= 4 is 23.3 Å². The van der Waals surface area contributed by atoms with E-state index in [0.29, 0.717) is 18.0 Å². The first-order valence-electron chi connectivity index (χ1n) is 6.79. The van der Waals surface area contributed by atoms with Gasteiger partial charge in [0, 0.05) is 11.6 Å². The Morgan fingerprint density at radius 2 is 2.17 bits per heavy atom. The first kappa shape index (κ1) is 16.7. The molecule has 2 rings (SSSR count). The maximum absolute atomic E-state index is 11.7. The van der Waals surface area contributed by atoms with Gasteiger partial charge in [-0.25, -0.2) is 0 Å². The van der Waals surface area contributed by atoms with Crippen LogP contribution in [0, 0.1) is 10.1 Å². The van der Waals surface area contributed by atoms with E-state index in [1.807, 2.05) is 18.2 Å². The molecule has 0 aliphatic rings. The molecule has 23 heavy (non-hydrogen) atoms. The van der Waals surface area contributed by atoms with Gasteiger partial charge in [-0.2, -0.15) is 0 Å². The quantitative estimate of drug-likeness (QED) is 0.619. The second-order valence-corrected chi connectivity index (χ2v) is 5.04. The molecule has 1 aromatic heterocycles. The van der Waals surface area contributed by atoms with Crippen molar-refractivity contribution in [2.24, 2.45) is 0 Å². The Labute approximate surface area is 137 Å². The fourth-order valence-corrected chi connectivity index (χ4v) is 2.08. The first-order chi connectivity index (χ1) is 11.1. The lowest BCUT2D eigenvalue weighted by Crippen LogP contribution is -2.30. The average molecular weight is 336 g/mol. The fourth-order valence-electron chi connectivity index (χ4n) is 1.87. The number of rotatable bonds is 7. The number of ether oxygens (including phenoxy) is 1. The van der Waals surface area contributed by atoms with Crippen LogP contribution in [0.15, 0.2) is 42.6 Å². The van der Waals surface area contributed by atoms with Crippen molar-refractivity contribution in [3.8, 4) is 5.75 Å². The summed E-state index contributed by atoms with van der Waals surface area (Å²) in [5, 5.41) is 14.1. The molecule has 120 valence electrons. The Morgan fingerprint density at radius 1 is 1.35 bits per heavy atom. The zero-order valence-corrected chi connectivity index (χ0v) is 12.8. The third-order valence-corrected chi connectivity index (χ3v) is 3.14. The zero-order chi connectivity index (χ0) is 16.7. The molecule has 0 unspecified atom stereocenters. The number of hydrogen-bond acceptors (Lipinski definition) is 5. The summed E-state index contributed by atoms with van der Waals surface area (Å²) in [4.78, 5) is 25.4. The maximum atomic E-state index is 11.7. The zero-order valence-electron chi connectivity index (χ0n) is 12.1. The van der Waals surface area contributed by atoms with Crippen LogP contribution in [0.4, 0.5) is 5.82 Å². The van der Waals surface area contributed by atoms with Crippen LogP contribution in [-0.2, 0) is 11.2 Å². The van der Waals surface area contributed by atoms with Gasteiger partial charge in [-0.05, 0) is 46.2 Å². The van der Waals surface area contributed by atoms with Gasteiger partial charge in [-0.1, -0.05) is 23.7 Å². The van der Waals surface area contributed by atoms with Crippen LogP contribution in [0.2, 0.25) is 5.02 Å². The van der Waals surface area contributed by atoms with Crippen molar-refractivity contribution in [1.29, 1.82) is 0 Å². The summed E-state index contributed by atoms with van der Waals surface area (Å²) < 4.78 is 5.14. The normalized spacial score (nSPS) is 10.1. The van der Waals surface area contributed by atoms with Gasteiger partial charge < -0.3 is 20.2 Å².